The SMILES string of the molecule is CC(C(O)C(C)(C)C(=O)O)C(CO)(CO)CO. The first-order valence-corrected chi connectivity index (χ1v) is 5.43. The predicted octanol–water partition coefficient (Wildman–Crippen LogP) is -0.942. The number of aliphatic carboxylic acids is 1. The van der Waals surface area contributed by atoms with Crippen LogP contribution in [0, 0.1) is 16.7 Å². The number of carbonyl (C=O) groups is 1. The first-order chi connectivity index (χ1) is 7.69. The molecule has 0 aromatic heterocycles. The van der Waals surface area contributed by atoms with Crippen molar-refractivity contribution in [3.05, 3.63) is 0 Å². The fourth-order valence-corrected chi connectivity index (χ4v) is 1.67. The van der Waals surface area contributed by atoms with Gasteiger partial charge in [0.25, 0.3) is 0 Å². The monoisotopic (exact) mass is 250 g/mol. The summed E-state index contributed by atoms with van der Waals surface area (Å²) in [5.41, 5.74) is -2.73. The molecule has 0 aliphatic heterocycles. The maximum Gasteiger partial charge on any atom is 0.311 e. The number of hydrogen-bond donors (Lipinski definition) is 5. The molecular weight excluding hydrogens is 228 g/mol. The highest BCUT2D eigenvalue weighted by Crippen LogP contribution is 2.36. The highest BCUT2D eigenvalue weighted by molar-refractivity contribution is 5.74. The highest BCUT2D eigenvalue weighted by atomic mass is 16.4. The Hall–Kier alpha value is -0.690. The summed E-state index contributed by atoms with van der Waals surface area (Å²) in [6.45, 7) is 2.61. The van der Waals surface area contributed by atoms with E-state index >= 15 is 0 Å². The first-order valence-electron chi connectivity index (χ1n) is 5.43. The number of carboxylic acid groups (broad SMARTS) is 1. The Morgan fingerprint density at radius 3 is 1.71 bits per heavy atom. The zero-order valence-corrected chi connectivity index (χ0v) is 10.4. The van der Waals surface area contributed by atoms with Crippen LogP contribution in [0.15, 0.2) is 0 Å². The quantitative estimate of drug-likeness (QED) is 0.398. The summed E-state index contributed by atoms with van der Waals surface area (Å²) >= 11 is 0. The van der Waals surface area contributed by atoms with Gasteiger partial charge in [-0.1, -0.05) is 6.92 Å². The van der Waals surface area contributed by atoms with E-state index in [2.05, 4.69) is 0 Å². The molecule has 0 spiro atoms. The Balaban J connectivity index is 5.15. The molecule has 0 amide bonds. The van der Waals surface area contributed by atoms with Gasteiger partial charge in [-0.15, -0.1) is 0 Å². The maximum absolute atomic E-state index is 11.0. The van der Waals surface area contributed by atoms with Crippen LogP contribution in [0.3, 0.4) is 0 Å². The van der Waals surface area contributed by atoms with Crippen molar-refractivity contribution in [1.29, 1.82) is 0 Å². The van der Waals surface area contributed by atoms with Crippen molar-refractivity contribution in [3.63, 3.8) is 0 Å². The zero-order chi connectivity index (χ0) is 13.9. The van der Waals surface area contributed by atoms with E-state index in [4.69, 9.17) is 5.11 Å². The van der Waals surface area contributed by atoms with E-state index in [-0.39, 0.29) is 0 Å². The molecule has 0 radical (unpaired) electrons. The normalized spacial score (nSPS) is 16.6. The number of hydrogen-bond acceptors (Lipinski definition) is 5. The van der Waals surface area contributed by atoms with Crippen molar-refractivity contribution in [2.45, 2.75) is 26.9 Å². The summed E-state index contributed by atoms with van der Waals surface area (Å²) in [6.07, 6.45) is -1.30. The van der Waals surface area contributed by atoms with Gasteiger partial charge in [-0.2, -0.15) is 0 Å². The summed E-state index contributed by atoms with van der Waals surface area (Å²) in [5.74, 6) is -1.95. The molecule has 0 aliphatic carbocycles. The first kappa shape index (κ1) is 16.3. The van der Waals surface area contributed by atoms with Gasteiger partial charge in [-0.25, -0.2) is 0 Å². The molecule has 0 aliphatic rings. The summed E-state index contributed by atoms with van der Waals surface area (Å²) in [5, 5.41) is 46.7. The largest absolute Gasteiger partial charge is 0.481 e. The van der Waals surface area contributed by atoms with Crippen LogP contribution in [0.4, 0.5) is 0 Å². The molecule has 0 heterocycles. The average molecular weight is 250 g/mol. The van der Waals surface area contributed by atoms with E-state index < -0.39 is 48.6 Å². The Bertz CT molecular complexity index is 250. The minimum atomic E-state index is -1.43. The van der Waals surface area contributed by atoms with Crippen molar-refractivity contribution in [1.82, 2.24) is 0 Å². The fraction of sp³-hybridized carbons (Fsp3) is 0.909. The van der Waals surface area contributed by atoms with Gasteiger partial charge in [-0.05, 0) is 19.8 Å². The Morgan fingerprint density at radius 1 is 1.12 bits per heavy atom. The topological polar surface area (TPSA) is 118 Å². The van der Waals surface area contributed by atoms with Crippen molar-refractivity contribution >= 4 is 5.97 Å². The highest BCUT2D eigenvalue weighted by Gasteiger charge is 2.47. The minimum Gasteiger partial charge on any atom is -0.481 e. The van der Waals surface area contributed by atoms with Crippen LogP contribution in [-0.2, 0) is 4.79 Å². The zero-order valence-electron chi connectivity index (χ0n) is 10.4. The number of aliphatic hydroxyl groups is 4. The van der Waals surface area contributed by atoms with Crippen molar-refractivity contribution in [3.8, 4) is 0 Å². The Kier molecular flexibility index (Phi) is 5.54. The second kappa shape index (κ2) is 5.77. The molecule has 5 N–H and O–H groups in total. The standard InChI is InChI=1S/C11H22O6/c1-7(11(4-12,5-13)6-14)8(15)10(2,3)9(16)17/h7-8,12-15H,4-6H2,1-3H3,(H,16,17). The molecule has 0 aromatic rings. The van der Waals surface area contributed by atoms with E-state index in [1.165, 1.54) is 20.8 Å². The van der Waals surface area contributed by atoms with Crippen LogP contribution >= 0.6 is 0 Å². The molecule has 17 heavy (non-hydrogen) atoms. The second-order valence-corrected chi connectivity index (χ2v) is 5.10. The van der Waals surface area contributed by atoms with Crippen molar-refractivity contribution in [2.75, 3.05) is 19.8 Å². The lowest BCUT2D eigenvalue weighted by molar-refractivity contribution is -0.163. The molecule has 2 atom stereocenters. The summed E-state index contributed by atoms with van der Waals surface area (Å²) in [4.78, 5) is 11.0. The summed E-state index contributed by atoms with van der Waals surface area (Å²) in [6, 6.07) is 0. The Morgan fingerprint density at radius 2 is 1.47 bits per heavy atom. The third kappa shape index (κ3) is 2.95. The maximum atomic E-state index is 11.0. The van der Waals surface area contributed by atoms with E-state index in [1.54, 1.807) is 0 Å². The van der Waals surface area contributed by atoms with Crippen LogP contribution in [0.5, 0.6) is 0 Å². The molecule has 6 nitrogen and oxygen atoms in total. The number of carboxylic acids is 1. The molecule has 0 saturated carbocycles. The molecule has 0 aromatic carbocycles. The predicted molar refractivity (Wildman–Crippen MR) is 60.3 cm³/mol. The Labute approximate surface area is 101 Å². The van der Waals surface area contributed by atoms with Gasteiger partial charge in [0.1, 0.15) is 0 Å². The van der Waals surface area contributed by atoms with Crippen LogP contribution < -0.4 is 0 Å². The number of rotatable bonds is 7. The minimum absolute atomic E-state index is 0.534. The molecule has 102 valence electrons. The molecule has 0 saturated heterocycles. The van der Waals surface area contributed by atoms with Gasteiger partial charge in [0.05, 0.1) is 31.3 Å². The lowest BCUT2D eigenvalue weighted by Gasteiger charge is -2.41. The van der Waals surface area contributed by atoms with Crippen LogP contribution in [-0.4, -0.2) is 57.4 Å². The molecule has 2 unspecified atom stereocenters. The van der Waals surface area contributed by atoms with Gasteiger partial charge in [0, 0.05) is 5.41 Å². The van der Waals surface area contributed by atoms with Crippen molar-refractivity contribution < 1.29 is 30.3 Å². The third-order valence-corrected chi connectivity index (χ3v) is 3.67. The van der Waals surface area contributed by atoms with Gasteiger partial charge in [0.15, 0.2) is 0 Å². The molecule has 6 heteroatoms. The molecule has 0 fully saturated rings. The third-order valence-electron chi connectivity index (χ3n) is 3.67. The van der Waals surface area contributed by atoms with Gasteiger partial charge >= 0.3 is 5.97 Å². The second-order valence-electron chi connectivity index (χ2n) is 5.10. The molecular formula is C11H22O6. The van der Waals surface area contributed by atoms with E-state index in [0.29, 0.717) is 0 Å². The number of aliphatic hydroxyl groups excluding tert-OH is 4. The van der Waals surface area contributed by atoms with Crippen LogP contribution in [0.1, 0.15) is 20.8 Å². The van der Waals surface area contributed by atoms with Gasteiger partial charge in [-0.3, -0.25) is 4.79 Å². The average Bonchev–Trinajstić information content (AvgIpc) is 2.30. The summed E-state index contributed by atoms with van der Waals surface area (Å²) < 4.78 is 0. The molecule has 0 bridgehead atoms. The van der Waals surface area contributed by atoms with Crippen molar-refractivity contribution in [2.24, 2.45) is 16.7 Å². The lowest BCUT2D eigenvalue weighted by atomic mass is 9.68. The smallest absolute Gasteiger partial charge is 0.311 e. The molecule has 0 rings (SSSR count). The van der Waals surface area contributed by atoms with Crippen LogP contribution in [0.2, 0.25) is 0 Å². The van der Waals surface area contributed by atoms with E-state index in [9.17, 15) is 25.2 Å². The lowest BCUT2D eigenvalue weighted by Crippen LogP contribution is -2.51. The van der Waals surface area contributed by atoms with Gasteiger partial charge < -0.3 is 25.5 Å². The van der Waals surface area contributed by atoms with Crippen LogP contribution in [0.25, 0.3) is 0 Å². The van der Waals surface area contributed by atoms with Gasteiger partial charge in [0.2, 0.25) is 0 Å². The van der Waals surface area contributed by atoms with E-state index in [1.807, 2.05) is 0 Å². The van der Waals surface area contributed by atoms with E-state index in [0.717, 1.165) is 0 Å². The fourth-order valence-electron chi connectivity index (χ4n) is 1.67. The summed E-state index contributed by atoms with van der Waals surface area (Å²) in [7, 11) is 0.